The van der Waals surface area contributed by atoms with E-state index >= 15 is 0 Å². The third-order valence-electron chi connectivity index (χ3n) is 3.65. The molecule has 0 amide bonds. The van der Waals surface area contributed by atoms with E-state index in [1.165, 1.54) is 41.4 Å². The van der Waals surface area contributed by atoms with E-state index in [4.69, 9.17) is 0 Å². The molecule has 2 N–H and O–H groups in total. The molecule has 1 atom stereocenters. The molecule has 3 fully saturated rings. The maximum Gasteiger partial charge on any atom is 0.138 e. The Hall–Kier alpha value is -0.640. The molecule has 2 bridgehead atoms. The van der Waals surface area contributed by atoms with E-state index in [0.717, 1.165) is 0 Å². The van der Waals surface area contributed by atoms with Gasteiger partial charge in [-0.15, -0.1) is 11.3 Å². The van der Waals surface area contributed by atoms with E-state index in [1.807, 2.05) is 0 Å². The van der Waals surface area contributed by atoms with Gasteiger partial charge in [0.05, 0.1) is 13.1 Å². The van der Waals surface area contributed by atoms with E-state index in [0.29, 0.717) is 5.92 Å². The average Bonchev–Trinajstić information content (AvgIpc) is 2.77. The molecule has 0 spiro atoms. The van der Waals surface area contributed by atoms with Gasteiger partial charge in [-0.2, -0.15) is 0 Å². The molecule has 2 nitrogen and oxygen atoms in total. The predicted molar refractivity (Wildman–Crippen MR) is 61.7 cm³/mol. The summed E-state index contributed by atoms with van der Waals surface area (Å²) in [7, 11) is 0. The number of aliphatic hydroxyl groups excluding tert-OH is 1. The van der Waals surface area contributed by atoms with Gasteiger partial charge in [0.25, 0.3) is 0 Å². The Morgan fingerprint density at radius 1 is 1.40 bits per heavy atom. The van der Waals surface area contributed by atoms with Crippen molar-refractivity contribution in [3.05, 3.63) is 28.1 Å². The van der Waals surface area contributed by atoms with Gasteiger partial charge in [-0.1, -0.05) is 6.07 Å². The number of quaternary nitrogens is 1. The molecule has 1 aromatic heterocycles. The zero-order valence-electron chi connectivity index (χ0n) is 8.65. The second-order valence-corrected chi connectivity index (χ2v) is 5.48. The van der Waals surface area contributed by atoms with Crippen molar-refractivity contribution >= 4 is 17.4 Å². The molecule has 80 valence electrons. The molecule has 3 aliphatic rings. The first kappa shape index (κ1) is 9.58. The summed E-state index contributed by atoms with van der Waals surface area (Å²) in [4.78, 5) is 2.77. The highest BCUT2D eigenvalue weighted by molar-refractivity contribution is 7.10. The maximum absolute atomic E-state index is 10.2. The maximum atomic E-state index is 10.2. The van der Waals surface area contributed by atoms with Crippen LogP contribution in [0.2, 0.25) is 0 Å². The Bertz CT molecular complexity index is 359. The highest BCUT2D eigenvalue weighted by Crippen LogP contribution is 2.25. The van der Waals surface area contributed by atoms with Gasteiger partial charge in [0.2, 0.25) is 0 Å². The Morgan fingerprint density at radius 3 is 2.80 bits per heavy atom. The topological polar surface area (TPSA) is 24.7 Å². The third-order valence-corrected chi connectivity index (χ3v) is 4.47. The van der Waals surface area contributed by atoms with Gasteiger partial charge in [0.15, 0.2) is 0 Å². The first-order chi connectivity index (χ1) is 7.34. The van der Waals surface area contributed by atoms with Crippen LogP contribution >= 0.6 is 11.3 Å². The molecule has 3 heteroatoms. The molecule has 3 saturated heterocycles. The van der Waals surface area contributed by atoms with Crippen molar-refractivity contribution in [2.75, 3.05) is 13.1 Å². The molecule has 4 rings (SSSR count). The summed E-state index contributed by atoms with van der Waals surface area (Å²) in [6.45, 7) is 2.41. The molecule has 0 unspecified atom stereocenters. The number of nitrogens with one attached hydrogen (secondary N) is 1. The van der Waals surface area contributed by atoms with E-state index in [2.05, 4.69) is 23.6 Å². The van der Waals surface area contributed by atoms with Crippen molar-refractivity contribution in [3.8, 4) is 0 Å². The van der Waals surface area contributed by atoms with Crippen LogP contribution in [0.25, 0.3) is 6.08 Å². The SMILES string of the molecule is O[C@@H]1/C(=C/c2cccs2)[NH+]2CCC1CC2. The Kier molecular flexibility index (Phi) is 2.39. The van der Waals surface area contributed by atoms with Gasteiger partial charge < -0.3 is 10.0 Å². The smallest absolute Gasteiger partial charge is 0.138 e. The lowest BCUT2D eigenvalue weighted by Crippen LogP contribution is -3.14. The van der Waals surface area contributed by atoms with Crippen molar-refractivity contribution < 1.29 is 10.0 Å². The minimum atomic E-state index is -0.190. The molecular weight excluding hydrogens is 206 g/mol. The van der Waals surface area contributed by atoms with E-state index < -0.39 is 0 Å². The molecule has 4 heterocycles. The lowest BCUT2D eigenvalue weighted by atomic mass is 9.83. The van der Waals surface area contributed by atoms with E-state index in [-0.39, 0.29) is 6.10 Å². The van der Waals surface area contributed by atoms with Gasteiger partial charge in [0.1, 0.15) is 11.8 Å². The number of aliphatic hydroxyl groups is 1. The average molecular weight is 222 g/mol. The lowest BCUT2D eigenvalue weighted by Gasteiger charge is -2.40. The Balaban J connectivity index is 1.92. The number of hydrogen-bond donors (Lipinski definition) is 2. The quantitative estimate of drug-likeness (QED) is 0.720. The standard InChI is InChI=1S/C12H15NOS/c14-12-9-3-5-13(6-4-9)11(12)8-10-2-1-7-15-10/h1-2,7-9,12,14H,3-6H2/p+1/b11-8-/t12-/m0/s1. The lowest BCUT2D eigenvalue weighted by molar-refractivity contribution is -0.880. The van der Waals surface area contributed by atoms with E-state index in [1.54, 1.807) is 11.3 Å². The summed E-state index contributed by atoms with van der Waals surface area (Å²) in [6, 6.07) is 4.18. The van der Waals surface area contributed by atoms with Gasteiger partial charge in [-0.3, -0.25) is 0 Å². The van der Waals surface area contributed by atoms with Gasteiger partial charge in [-0.05, 0) is 11.4 Å². The fourth-order valence-electron chi connectivity index (χ4n) is 2.77. The van der Waals surface area contributed by atoms with Crippen molar-refractivity contribution in [1.82, 2.24) is 0 Å². The molecule has 0 aliphatic carbocycles. The van der Waals surface area contributed by atoms with Crippen LogP contribution in [0.5, 0.6) is 0 Å². The van der Waals surface area contributed by atoms with Gasteiger partial charge in [-0.25, -0.2) is 0 Å². The number of piperidine rings is 3. The zero-order chi connectivity index (χ0) is 10.3. The highest BCUT2D eigenvalue weighted by atomic mass is 32.1. The summed E-state index contributed by atoms with van der Waals surface area (Å²) >= 11 is 1.75. The molecule has 0 saturated carbocycles. The van der Waals surface area contributed by atoms with Crippen LogP contribution in [-0.2, 0) is 0 Å². The second kappa shape index (κ2) is 3.74. The molecule has 3 aliphatic heterocycles. The number of hydrogen-bond acceptors (Lipinski definition) is 2. The van der Waals surface area contributed by atoms with Crippen LogP contribution in [0.1, 0.15) is 17.7 Å². The van der Waals surface area contributed by atoms with Gasteiger partial charge >= 0.3 is 0 Å². The first-order valence-corrected chi connectivity index (χ1v) is 6.51. The van der Waals surface area contributed by atoms with Crippen molar-refractivity contribution in [1.29, 1.82) is 0 Å². The number of fused-ring (bicyclic) bond motifs is 3. The summed E-state index contributed by atoms with van der Waals surface area (Å²) in [5.41, 5.74) is 1.22. The van der Waals surface area contributed by atoms with Crippen LogP contribution in [0.3, 0.4) is 0 Å². The van der Waals surface area contributed by atoms with Crippen molar-refractivity contribution in [3.63, 3.8) is 0 Å². The molecule has 15 heavy (non-hydrogen) atoms. The molecule has 0 aromatic carbocycles. The minimum absolute atomic E-state index is 0.190. The number of thiophene rings is 1. The number of rotatable bonds is 1. The summed E-state index contributed by atoms with van der Waals surface area (Å²) in [5.74, 6) is 0.522. The summed E-state index contributed by atoms with van der Waals surface area (Å²) in [5, 5.41) is 12.3. The van der Waals surface area contributed by atoms with Crippen LogP contribution in [0.15, 0.2) is 23.2 Å². The highest BCUT2D eigenvalue weighted by Gasteiger charge is 2.41. The third kappa shape index (κ3) is 1.65. The second-order valence-electron chi connectivity index (χ2n) is 4.50. The predicted octanol–water partition coefficient (Wildman–Crippen LogP) is 0.758. The largest absolute Gasteiger partial charge is 0.383 e. The van der Waals surface area contributed by atoms with E-state index in [9.17, 15) is 5.11 Å². The fraction of sp³-hybridized carbons (Fsp3) is 0.500. The van der Waals surface area contributed by atoms with Crippen LogP contribution in [0, 0.1) is 5.92 Å². The Labute approximate surface area is 93.8 Å². The van der Waals surface area contributed by atoms with Gasteiger partial charge in [0, 0.05) is 29.7 Å². The molecule has 0 radical (unpaired) electrons. The van der Waals surface area contributed by atoms with Crippen molar-refractivity contribution in [2.24, 2.45) is 5.92 Å². The Morgan fingerprint density at radius 2 is 2.20 bits per heavy atom. The normalized spacial score (nSPS) is 37.4. The monoisotopic (exact) mass is 222 g/mol. The van der Waals surface area contributed by atoms with Crippen LogP contribution in [0.4, 0.5) is 0 Å². The fourth-order valence-corrected chi connectivity index (χ4v) is 3.44. The van der Waals surface area contributed by atoms with Crippen LogP contribution < -0.4 is 4.90 Å². The van der Waals surface area contributed by atoms with Crippen molar-refractivity contribution in [2.45, 2.75) is 18.9 Å². The zero-order valence-corrected chi connectivity index (χ0v) is 9.46. The minimum Gasteiger partial charge on any atom is -0.383 e. The van der Waals surface area contributed by atoms with Crippen LogP contribution in [-0.4, -0.2) is 24.3 Å². The molecular formula is C12H16NOS+. The molecule has 1 aromatic rings. The summed E-state index contributed by atoms with van der Waals surface area (Å²) in [6.07, 6.45) is 4.39. The first-order valence-electron chi connectivity index (χ1n) is 5.63. The summed E-state index contributed by atoms with van der Waals surface area (Å²) < 4.78 is 0.